The minimum absolute atomic E-state index is 0.763. The summed E-state index contributed by atoms with van der Waals surface area (Å²) in [4.78, 5) is 0. The SMILES string of the molecule is CCCn1c(SCc2ccc(Cl)cc2)nnc1-c1ccccc1. The molecule has 0 bridgehead atoms. The van der Waals surface area contributed by atoms with E-state index in [0.717, 1.165) is 40.3 Å². The minimum atomic E-state index is 0.763. The summed E-state index contributed by atoms with van der Waals surface area (Å²) in [6.45, 7) is 3.09. The van der Waals surface area contributed by atoms with Crippen molar-refractivity contribution in [1.29, 1.82) is 0 Å². The van der Waals surface area contributed by atoms with Gasteiger partial charge < -0.3 is 4.57 Å². The first-order chi connectivity index (χ1) is 11.3. The van der Waals surface area contributed by atoms with Gasteiger partial charge in [0.05, 0.1) is 0 Å². The first-order valence-electron chi connectivity index (χ1n) is 7.64. The van der Waals surface area contributed by atoms with E-state index in [-0.39, 0.29) is 0 Å². The van der Waals surface area contributed by atoms with E-state index in [0.29, 0.717) is 0 Å². The minimum Gasteiger partial charge on any atom is -0.302 e. The van der Waals surface area contributed by atoms with Crippen LogP contribution >= 0.6 is 23.4 Å². The quantitative estimate of drug-likeness (QED) is 0.569. The van der Waals surface area contributed by atoms with Gasteiger partial charge in [-0.1, -0.05) is 72.8 Å². The molecule has 23 heavy (non-hydrogen) atoms. The summed E-state index contributed by atoms with van der Waals surface area (Å²) in [7, 11) is 0. The molecule has 3 nitrogen and oxygen atoms in total. The lowest BCUT2D eigenvalue weighted by atomic mass is 10.2. The van der Waals surface area contributed by atoms with Crippen LogP contribution < -0.4 is 0 Å². The molecule has 0 unspecified atom stereocenters. The van der Waals surface area contributed by atoms with E-state index in [1.807, 2.05) is 42.5 Å². The van der Waals surface area contributed by atoms with Crippen LogP contribution in [0.3, 0.4) is 0 Å². The Kier molecular flexibility index (Phi) is 5.36. The Balaban J connectivity index is 1.82. The summed E-state index contributed by atoms with van der Waals surface area (Å²) in [5, 5.41) is 10.5. The van der Waals surface area contributed by atoms with Crippen LogP contribution in [-0.4, -0.2) is 14.8 Å². The van der Waals surface area contributed by atoms with Crippen molar-refractivity contribution in [1.82, 2.24) is 14.8 Å². The molecule has 0 saturated heterocycles. The maximum Gasteiger partial charge on any atom is 0.191 e. The van der Waals surface area contributed by atoms with Gasteiger partial charge in [0.25, 0.3) is 0 Å². The van der Waals surface area contributed by atoms with Crippen molar-refractivity contribution < 1.29 is 0 Å². The number of nitrogens with zero attached hydrogens (tertiary/aromatic N) is 3. The van der Waals surface area contributed by atoms with Crippen molar-refractivity contribution in [2.24, 2.45) is 0 Å². The molecule has 5 heteroatoms. The molecule has 0 radical (unpaired) electrons. The molecule has 0 spiro atoms. The Morgan fingerprint density at radius 1 is 1.00 bits per heavy atom. The summed E-state index contributed by atoms with van der Waals surface area (Å²) >= 11 is 7.64. The smallest absolute Gasteiger partial charge is 0.191 e. The summed E-state index contributed by atoms with van der Waals surface area (Å²) < 4.78 is 2.20. The zero-order chi connectivity index (χ0) is 16.1. The second-order valence-electron chi connectivity index (χ2n) is 5.24. The highest BCUT2D eigenvalue weighted by Crippen LogP contribution is 2.27. The van der Waals surface area contributed by atoms with E-state index < -0.39 is 0 Å². The van der Waals surface area contributed by atoms with E-state index in [1.54, 1.807) is 11.8 Å². The Hall–Kier alpha value is -1.78. The van der Waals surface area contributed by atoms with E-state index >= 15 is 0 Å². The van der Waals surface area contributed by atoms with Crippen LogP contribution in [0.1, 0.15) is 18.9 Å². The number of hydrogen-bond acceptors (Lipinski definition) is 3. The van der Waals surface area contributed by atoms with Gasteiger partial charge in [-0.25, -0.2) is 0 Å². The average Bonchev–Trinajstić information content (AvgIpc) is 2.98. The highest BCUT2D eigenvalue weighted by Gasteiger charge is 2.13. The molecule has 0 aliphatic carbocycles. The fraction of sp³-hybridized carbons (Fsp3) is 0.222. The van der Waals surface area contributed by atoms with Gasteiger partial charge in [-0.05, 0) is 24.1 Å². The maximum absolute atomic E-state index is 5.93. The van der Waals surface area contributed by atoms with Gasteiger partial charge in [0, 0.05) is 22.9 Å². The Morgan fingerprint density at radius 3 is 2.43 bits per heavy atom. The van der Waals surface area contributed by atoms with Crippen LogP contribution in [0.4, 0.5) is 0 Å². The third-order valence-electron chi connectivity index (χ3n) is 3.48. The molecule has 0 amide bonds. The molecule has 1 aromatic heterocycles. The van der Waals surface area contributed by atoms with Gasteiger partial charge in [-0.15, -0.1) is 10.2 Å². The monoisotopic (exact) mass is 343 g/mol. The lowest BCUT2D eigenvalue weighted by Crippen LogP contribution is -2.01. The Morgan fingerprint density at radius 2 is 1.74 bits per heavy atom. The van der Waals surface area contributed by atoms with Crippen LogP contribution in [0, 0.1) is 0 Å². The fourth-order valence-corrected chi connectivity index (χ4v) is 3.40. The summed E-state index contributed by atoms with van der Waals surface area (Å²) in [5.74, 6) is 1.79. The van der Waals surface area contributed by atoms with Gasteiger partial charge in [0.2, 0.25) is 0 Å². The predicted octanol–water partition coefficient (Wildman–Crippen LogP) is 5.30. The third-order valence-corrected chi connectivity index (χ3v) is 4.77. The topological polar surface area (TPSA) is 30.7 Å². The Labute approximate surface area is 145 Å². The van der Waals surface area contributed by atoms with Crippen LogP contribution in [0.2, 0.25) is 5.02 Å². The van der Waals surface area contributed by atoms with Gasteiger partial charge in [0.1, 0.15) is 0 Å². The highest BCUT2D eigenvalue weighted by molar-refractivity contribution is 7.98. The maximum atomic E-state index is 5.93. The molecule has 118 valence electrons. The van der Waals surface area contributed by atoms with Gasteiger partial charge in [-0.2, -0.15) is 0 Å². The Bertz CT molecular complexity index is 754. The summed E-state index contributed by atoms with van der Waals surface area (Å²) in [6, 6.07) is 18.2. The zero-order valence-electron chi connectivity index (χ0n) is 12.9. The molecular weight excluding hydrogens is 326 g/mol. The molecule has 1 heterocycles. The van der Waals surface area contributed by atoms with Gasteiger partial charge in [0.15, 0.2) is 11.0 Å². The van der Waals surface area contributed by atoms with Crippen molar-refractivity contribution in [2.75, 3.05) is 0 Å². The molecule has 3 rings (SSSR count). The molecule has 0 fully saturated rings. The van der Waals surface area contributed by atoms with Crippen molar-refractivity contribution >= 4 is 23.4 Å². The number of halogens is 1. The van der Waals surface area contributed by atoms with E-state index in [4.69, 9.17) is 11.6 Å². The van der Waals surface area contributed by atoms with E-state index in [9.17, 15) is 0 Å². The second-order valence-corrected chi connectivity index (χ2v) is 6.62. The number of rotatable bonds is 6. The van der Waals surface area contributed by atoms with Crippen LogP contribution in [0.15, 0.2) is 59.8 Å². The van der Waals surface area contributed by atoms with Crippen LogP contribution in [0.5, 0.6) is 0 Å². The normalized spacial score (nSPS) is 10.9. The standard InChI is InChI=1S/C18H18ClN3S/c1-2-12-22-17(15-6-4-3-5-7-15)20-21-18(22)23-13-14-8-10-16(19)11-9-14/h3-11H,2,12-13H2,1H3. The second kappa shape index (κ2) is 7.66. The molecule has 0 aliphatic rings. The number of benzene rings is 2. The number of hydrogen-bond donors (Lipinski definition) is 0. The van der Waals surface area contributed by atoms with Gasteiger partial charge in [-0.3, -0.25) is 0 Å². The van der Waals surface area contributed by atoms with Crippen molar-refractivity contribution in [3.8, 4) is 11.4 Å². The van der Waals surface area contributed by atoms with E-state index in [2.05, 4.69) is 33.8 Å². The molecule has 3 aromatic rings. The number of thioether (sulfide) groups is 1. The zero-order valence-corrected chi connectivity index (χ0v) is 14.5. The van der Waals surface area contributed by atoms with Crippen LogP contribution in [-0.2, 0) is 12.3 Å². The van der Waals surface area contributed by atoms with Crippen molar-refractivity contribution in [2.45, 2.75) is 30.8 Å². The first kappa shape index (κ1) is 16.1. The molecule has 0 N–H and O–H groups in total. The summed E-state index contributed by atoms with van der Waals surface area (Å²) in [6.07, 6.45) is 1.05. The summed E-state index contributed by atoms with van der Waals surface area (Å²) in [5.41, 5.74) is 2.33. The molecule has 2 aromatic carbocycles. The molecule has 0 atom stereocenters. The van der Waals surface area contributed by atoms with E-state index in [1.165, 1.54) is 5.56 Å². The van der Waals surface area contributed by atoms with Crippen LogP contribution in [0.25, 0.3) is 11.4 Å². The lowest BCUT2D eigenvalue weighted by Gasteiger charge is -2.09. The fourth-order valence-electron chi connectivity index (χ4n) is 2.35. The first-order valence-corrected chi connectivity index (χ1v) is 9.00. The third kappa shape index (κ3) is 3.95. The van der Waals surface area contributed by atoms with Crippen molar-refractivity contribution in [3.05, 3.63) is 65.2 Å². The predicted molar refractivity (Wildman–Crippen MR) is 96.8 cm³/mol. The molecule has 0 saturated carbocycles. The molecule has 0 aliphatic heterocycles. The molecular formula is C18H18ClN3S. The highest BCUT2D eigenvalue weighted by atomic mass is 35.5. The lowest BCUT2D eigenvalue weighted by molar-refractivity contribution is 0.626. The van der Waals surface area contributed by atoms with Crippen molar-refractivity contribution in [3.63, 3.8) is 0 Å². The van der Waals surface area contributed by atoms with Gasteiger partial charge >= 0.3 is 0 Å². The number of aromatic nitrogens is 3. The largest absolute Gasteiger partial charge is 0.302 e. The average molecular weight is 344 g/mol.